The zero-order valence-electron chi connectivity index (χ0n) is 15.9. The lowest BCUT2D eigenvalue weighted by Gasteiger charge is -2.20. The highest BCUT2D eigenvalue weighted by Gasteiger charge is 2.22. The van der Waals surface area contributed by atoms with E-state index in [9.17, 15) is 18.0 Å². The SMILES string of the molecule is C=CCN(CC=C)C(=O)COC(=O)c1ccc(S(=O)(=O)NC(C)(C)C)cc1. The molecule has 0 fully saturated rings. The number of sulfonamides is 1. The third-order valence-corrected chi connectivity index (χ3v) is 4.99. The zero-order valence-corrected chi connectivity index (χ0v) is 16.7. The lowest BCUT2D eigenvalue weighted by molar-refractivity contribution is -0.133. The molecule has 0 aliphatic heterocycles. The Morgan fingerprint density at radius 1 is 1.11 bits per heavy atom. The average Bonchev–Trinajstić information content (AvgIpc) is 2.57. The van der Waals surface area contributed by atoms with Crippen LogP contribution in [0.15, 0.2) is 54.5 Å². The van der Waals surface area contributed by atoms with Gasteiger partial charge in [0.05, 0.1) is 10.5 Å². The molecule has 0 aliphatic carbocycles. The summed E-state index contributed by atoms with van der Waals surface area (Å²) >= 11 is 0. The molecule has 0 aliphatic rings. The van der Waals surface area contributed by atoms with Gasteiger partial charge in [0, 0.05) is 18.6 Å². The number of esters is 1. The fourth-order valence-corrected chi connectivity index (χ4v) is 3.54. The molecule has 0 atom stereocenters. The predicted octanol–water partition coefficient (Wildman–Crippen LogP) is 2.12. The maximum absolute atomic E-state index is 12.2. The van der Waals surface area contributed by atoms with E-state index in [2.05, 4.69) is 17.9 Å². The minimum absolute atomic E-state index is 0.0354. The molecule has 8 heteroatoms. The van der Waals surface area contributed by atoms with Crippen molar-refractivity contribution in [1.82, 2.24) is 9.62 Å². The van der Waals surface area contributed by atoms with Gasteiger partial charge in [0.25, 0.3) is 5.91 Å². The van der Waals surface area contributed by atoms with Crippen LogP contribution < -0.4 is 4.72 Å². The Labute approximate surface area is 160 Å². The molecule has 1 amide bonds. The van der Waals surface area contributed by atoms with Crippen LogP contribution in [0.2, 0.25) is 0 Å². The predicted molar refractivity (Wildman–Crippen MR) is 104 cm³/mol. The van der Waals surface area contributed by atoms with Crippen molar-refractivity contribution in [3.8, 4) is 0 Å². The van der Waals surface area contributed by atoms with E-state index in [0.29, 0.717) is 13.1 Å². The summed E-state index contributed by atoms with van der Waals surface area (Å²) in [5.41, 5.74) is -0.476. The number of rotatable bonds is 9. The Morgan fingerprint density at radius 3 is 2.07 bits per heavy atom. The molecule has 1 aromatic rings. The monoisotopic (exact) mass is 394 g/mol. The number of carbonyl (C=O) groups is 2. The van der Waals surface area contributed by atoms with Crippen molar-refractivity contribution >= 4 is 21.9 Å². The quantitative estimate of drug-likeness (QED) is 0.512. The minimum Gasteiger partial charge on any atom is -0.452 e. The van der Waals surface area contributed by atoms with Gasteiger partial charge >= 0.3 is 5.97 Å². The first-order valence-corrected chi connectivity index (χ1v) is 9.79. The standard InChI is InChI=1S/C19H26N2O5S/c1-6-12-21(13-7-2)17(22)14-26-18(23)15-8-10-16(11-9-15)27(24,25)20-19(3,4)5/h6-11,20H,1-2,12-14H2,3-5H3. The number of hydrogen-bond donors (Lipinski definition) is 1. The number of nitrogens with one attached hydrogen (secondary N) is 1. The summed E-state index contributed by atoms with van der Waals surface area (Å²) in [4.78, 5) is 25.6. The lowest BCUT2D eigenvalue weighted by Crippen LogP contribution is -2.40. The van der Waals surface area contributed by atoms with Gasteiger partial charge in [0.1, 0.15) is 0 Å². The van der Waals surface area contributed by atoms with Crippen molar-refractivity contribution < 1.29 is 22.7 Å². The minimum atomic E-state index is -3.69. The Balaban J connectivity index is 2.76. The molecule has 0 unspecified atom stereocenters. The second-order valence-electron chi connectivity index (χ2n) is 6.83. The third kappa shape index (κ3) is 7.36. The van der Waals surface area contributed by atoms with Gasteiger partial charge in [-0.3, -0.25) is 4.79 Å². The summed E-state index contributed by atoms with van der Waals surface area (Å²) in [7, 11) is -3.69. The highest BCUT2D eigenvalue weighted by Crippen LogP contribution is 2.14. The van der Waals surface area contributed by atoms with Crippen molar-refractivity contribution in [3.63, 3.8) is 0 Å². The Hall–Kier alpha value is -2.45. The molecule has 0 saturated carbocycles. The highest BCUT2D eigenvalue weighted by atomic mass is 32.2. The first kappa shape index (κ1) is 22.6. The van der Waals surface area contributed by atoms with Crippen molar-refractivity contribution in [1.29, 1.82) is 0 Å². The second kappa shape index (κ2) is 9.48. The van der Waals surface area contributed by atoms with Crippen LogP contribution in [0, 0.1) is 0 Å². The number of benzene rings is 1. The number of nitrogens with zero attached hydrogens (tertiary/aromatic N) is 1. The molecule has 1 N–H and O–H groups in total. The molecule has 0 radical (unpaired) electrons. The van der Waals surface area contributed by atoms with Crippen LogP contribution in [0.1, 0.15) is 31.1 Å². The Bertz CT molecular complexity index is 782. The lowest BCUT2D eigenvalue weighted by atomic mass is 10.1. The Kier molecular flexibility index (Phi) is 7.93. The molecule has 7 nitrogen and oxygen atoms in total. The number of amides is 1. The number of carbonyl (C=O) groups excluding carboxylic acids is 2. The van der Waals surface area contributed by atoms with Gasteiger partial charge in [0.15, 0.2) is 6.61 Å². The first-order valence-electron chi connectivity index (χ1n) is 8.31. The molecule has 0 bridgehead atoms. The van der Waals surface area contributed by atoms with Crippen LogP contribution >= 0.6 is 0 Å². The van der Waals surface area contributed by atoms with E-state index in [-0.39, 0.29) is 16.4 Å². The summed E-state index contributed by atoms with van der Waals surface area (Å²) < 4.78 is 32.0. The van der Waals surface area contributed by atoms with Gasteiger partial charge in [0.2, 0.25) is 10.0 Å². The van der Waals surface area contributed by atoms with Gasteiger partial charge in [-0.25, -0.2) is 17.9 Å². The fourth-order valence-electron chi connectivity index (χ4n) is 2.12. The molecule has 1 rings (SSSR count). The molecular weight excluding hydrogens is 368 g/mol. The molecule has 0 spiro atoms. The molecule has 0 aromatic heterocycles. The van der Waals surface area contributed by atoms with Gasteiger partial charge in [-0.1, -0.05) is 12.2 Å². The van der Waals surface area contributed by atoms with E-state index in [4.69, 9.17) is 4.74 Å². The molecular formula is C19H26N2O5S. The first-order chi connectivity index (χ1) is 12.5. The number of ether oxygens (including phenoxy) is 1. The van der Waals surface area contributed by atoms with E-state index in [1.807, 2.05) is 0 Å². The maximum Gasteiger partial charge on any atom is 0.338 e. The van der Waals surface area contributed by atoms with E-state index in [1.54, 1.807) is 32.9 Å². The van der Waals surface area contributed by atoms with Crippen molar-refractivity contribution in [2.45, 2.75) is 31.2 Å². The summed E-state index contributed by atoms with van der Waals surface area (Å²) in [5.74, 6) is -1.09. The van der Waals surface area contributed by atoms with Crippen LogP contribution in [0.4, 0.5) is 0 Å². The molecule has 148 valence electrons. The normalized spacial score (nSPS) is 11.5. The van der Waals surface area contributed by atoms with Gasteiger partial charge in [-0.15, -0.1) is 13.2 Å². The molecule has 0 saturated heterocycles. The van der Waals surface area contributed by atoms with Gasteiger partial charge in [-0.05, 0) is 45.0 Å². The molecule has 0 heterocycles. The molecule has 1 aromatic carbocycles. The zero-order chi connectivity index (χ0) is 20.7. The summed E-state index contributed by atoms with van der Waals surface area (Å²) in [5, 5.41) is 0. The summed E-state index contributed by atoms with van der Waals surface area (Å²) in [6, 6.07) is 5.31. The van der Waals surface area contributed by atoms with Gasteiger partial charge < -0.3 is 9.64 Å². The van der Waals surface area contributed by atoms with Crippen LogP contribution in [-0.2, 0) is 19.6 Å². The van der Waals surface area contributed by atoms with E-state index < -0.39 is 28.1 Å². The summed E-state index contributed by atoms with van der Waals surface area (Å²) in [6.07, 6.45) is 3.13. The fraction of sp³-hybridized carbons (Fsp3) is 0.368. The smallest absolute Gasteiger partial charge is 0.338 e. The molecule has 27 heavy (non-hydrogen) atoms. The van der Waals surface area contributed by atoms with Crippen LogP contribution in [0.5, 0.6) is 0 Å². The van der Waals surface area contributed by atoms with Crippen LogP contribution in [0.3, 0.4) is 0 Å². The number of hydrogen-bond acceptors (Lipinski definition) is 5. The van der Waals surface area contributed by atoms with Crippen molar-refractivity contribution in [2.75, 3.05) is 19.7 Å². The van der Waals surface area contributed by atoms with Crippen molar-refractivity contribution in [3.05, 3.63) is 55.1 Å². The van der Waals surface area contributed by atoms with Crippen LogP contribution in [0.25, 0.3) is 0 Å². The topological polar surface area (TPSA) is 92.8 Å². The third-order valence-electron chi connectivity index (χ3n) is 3.22. The maximum atomic E-state index is 12.2. The average molecular weight is 394 g/mol. The Morgan fingerprint density at radius 2 is 1.63 bits per heavy atom. The van der Waals surface area contributed by atoms with Crippen molar-refractivity contribution in [2.24, 2.45) is 0 Å². The van der Waals surface area contributed by atoms with Crippen LogP contribution in [-0.4, -0.2) is 50.4 Å². The largest absolute Gasteiger partial charge is 0.452 e. The van der Waals surface area contributed by atoms with Gasteiger partial charge in [-0.2, -0.15) is 0 Å². The van der Waals surface area contributed by atoms with E-state index in [0.717, 1.165) is 0 Å². The highest BCUT2D eigenvalue weighted by molar-refractivity contribution is 7.89. The summed E-state index contributed by atoms with van der Waals surface area (Å²) in [6.45, 7) is 12.5. The van der Waals surface area contributed by atoms with E-state index in [1.165, 1.54) is 29.2 Å². The van der Waals surface area contributed by atoms with E-state index >= 15 is 0 Å². The second-order valence-corrected chi connectivity index (χ2v) is 8.51.